The van der Waals surface area contributed by atoms with E-state index in [1.807, 2.05) is 14.0 Å². The van der Waals surface area contributed by atoms with E-state index in [0.29, 0.717) is 13.1 Å². The average molecular weight is 315 g/mol. The molecule has 0 spiro atoms. The second-order valence-electron chi connectivity index (χ2n) is 5.48. The minimum Gasteiger partial charge on any atom is -0.396 e. The zero-order chi connectivity index (χ0) is 15.6. The van der Waals surface area contributed by atoms with Gasteiger partial charge in [0, 0.05) is 19.1 Å². The molecule has 1 aliphatic rings. The molecule has 1 aromatic rings. The number of nitrogens with two attached hydrogens (primary N) is 1. The fourth-order valence-electron chi connectivity index (χ4n) is 2.67. The van der Waals surface area contributed by atoms with Crippen LogP contribution in [0.4, 0.5) is 10.1 Å². The van der Waals surface area contributed by atoms with E-state index in [0.717, 1.165) is 25.5 Å². The van der Waals surface area contributed by atoms with Crippen LogP contribution in [-0.4, -0.2) is 50.3 Å². The van der Waals surface area contributed by atoms with Crippen LogP contribution in [0, 0.1) is 5.82 Å². The fourth-order valence-corrected chi connectivity index (χ4v) is 4.41. The number of halogens is 1. The van der Waals surface area contributed by atoms with Gasteiger partial charge in [0.25, 0.3) is 0 Å². The Morgan fingerprint density at radius 3 is 2.71 bits per heavy atom. The van der Waals surface area contributed by atoms with E-state index in [1.54, 1.807) is 0 Å². The number of benzene rings is 1. The second kappa shape index (κ2) is 6.29. The van der Waals surface area contributed by atoms with E-state index in [1.165, 1.54) is 16.4 Å². The van der Waals surface area contributed by atoms with Crippen molar-refractivity contribution in [1.29, 1.82) is 0 Å². The molecule has 0 aliphatic carbocycles. The summed E-state index contributed by atoms with van der Waals surface area (Å²) in [5.41, 5.74) is 5.37. The van der Waals surface area contributed by atoms with E-state index in [9.17, 15) is 12.8 Å². The molecule has 2 rings (SSSR count). The summed E-state index contributed by atoms with van der Waals surface area (Å²) in [6.45, 7) is 3.97. The van der Waals surface area contributed by atoms with E-state index in [4.69, 9.17) is 5.73 Å². The third-order valence-electron chi connectivity index (χ3n) is 3.90. The van der Waals surface area contributed by atoms with Crippen molar-refractivity contribution < 1.29 is 12.8 Å². The summed E-state index contributed by atoms with van der Waals surface area (Å²) in [4.78, 5) is 2.10. The van der Waals surface area contributed by atoms with Gasteiger partial charge in [-0.05, 0) is 44.6 Å². The van der Waals surface area contributed by atoms with Crippen LogP contribution < -0.4 is 5.73 Å². The molecule has 0 saturated carbocycles. The van der Waals surface area contributed by atoms with Gasteiger partial charge in [-0.3, -0.25) is 0 Å². The lowest BCUT2D eigenvalue weighted by Crippen LogP contribution is -2.43. The molecule has 0 amide bonds. The molecule has 1 aliphatic heterocycles. The number of nitrogens with zero attached hydrogens (tertiary/aromatic N) is 2. The summed E-state index contributed by atoms with van der Waals surface area (Å²) in [6.07, 6.45) is 1.49. The van der Waals surface area contributed by atoms with E-state index in [-0.39, 0.29) is 16.6 Å². The van der Waals surface area contributed by atoms with Crippen molar-refractivity contribution in [3.63, 3.8) is 0 Å². The smallest absolute Gasteiger partial charge is 0.243 e. The molecular formula is C14H22FN3O2S. The van der Waals surface area contributed by atoms with Crippen LogP contribution in [0.5, 0.6) is 0 Å². The predicted molar refractivity (Wildman–Crippen MR) is 80.9 cm³/mol. The molecule has 0 aromatic heterocycles. The van der Waals surface area contributed by atoms with Crippen LogP contribution in [-0.2, 0) is 10.0 Å². The number of hydrogen-bond acceptors (Lipinski definition) is 4. The fraction of sp³-hybridized carbons (Fsp3) is 0.571. The number of hydrogen-bond donors (Lipinski definition) is 1. The molecule has 0 radical (unpaired) electrons. The zero-order valence-electron chi connectivity index (χ0n) is 12.4. The van der Waals surface area contributed by atoms with E-state index < -0.39 is 15.8 Å². The molecule has 7 heteroatoms. The van der Waals surface area contributed by atoms with Crippen LogP contribution in [0.25, 0.3) is 0 Å². The molecule has 21 heavy (non-hydrogen) atoms. The number of likely N-dealkylation sites (N-methyl/N-ethyl adjacent to an activating group) is 1. The van der Waals surface area contributed by atoms with E-state index >= 15 is 0 Å². The third-order valence-corrected chi connectivity index (χ3v) is 5.85. The second-order valence-corrected chi connectivity index (χ2v) is 7.37. The first-order valence-electron chi connectivity index (χ1n) is 7.11. The Morgan fingerprint density at radius 2 is 2.10 bits per heavy atom. The normalized spacial score (nSPS) is 22.1. The van der Waals surface area contributed by atoms with Gasteiger partial charge in [-0.2, -0.15) is 4.31 Å². The van der Waals surface area contributed by atoms with Gasteiger partial charge in [0.15, 0.2) is 0 Å². The van der Waals surface area contributed by atoms with Crippen LogP contribution >= 0.6 is 0 Å². The van der Waals surface area contributed by atoms with Crippen molar-refractivity contribution in [2.75, 3.05) is 32.4 Å². The molecule has 1 unspecified atom stereocenters. The average Bonchev–Trinajstić information content (AvgIpc) is 2.63. The standard InChI is InChI=1S/C14H22FN3O2S/c1-3-11-10-17(2)7-4-8-18(11)21(19,20)12-5-6-14(16)13(15)9-12/h5-6,9,11H,3-4,7-8,10,16H2,1-2H3. The van der Waals surface area contributed by atoms with Gasteiger partial charge in [0.2, 0.25) is 10.0 Å². The molecule has 0 bridgehead atoms. The third kappa shape index (κ3) is 3.36. The summed E-state index contributed by atoms with van der Waals surface area (Å²) in [6, 6.07) is 3.58. The lowest BCUT2D eigenvalue weighted by molar-refractivity contribution is 0.270. The molecule has 1 fully saturated rings. The van der Waals surface area contributed by atoms with Gasteiger partial charge in [-0.25, -0.2) is 12.8 Å². The van der Waals surface area contributed by atoms with Crippen molar-refractivity contribution in [2.24, 2.45) is 0 Å². The zero-order valence-corrected chi connectivity index (χ0v) is 13.2. The predicted octanol–water partition coefficient (Wildman–Crippen LogP) is 1.51. The summed E-state index contributed by atoms with van der Waals surface area (Å²) in [5, 5.41) is 0. The molecule has 2 N–H and O–H groups in total. The van der Waals surface area contributed by atoms with Crippen molar-refractivity contribution >= 4 is 15.7 Å². The summed E-state index contributed by atoms with van der Waals surface area (Å²) in [7, 11) is -1.71. The number of anilines is 1. The molecule has 1 heterocycles. The maximum Gasteiger partial charge on any atom is 0.243 e. The van der Waals surface area contributed by atoms with Gasteiger partial charge < -0.3 is 10.6 Å². The van der Waals surface area contributed by atoms with Gasteiger partial charge >= 0.3 is 0 Å². The Balaban J connectivity index is 2.38. The first-order valence-corrected chi connectivity index (χ1v) is 8.55. The van der Waals surface area contributed by atoms with E-state index in [2.05, 4.69) is 4.90 Å². The SMILES string of the molecule is CCC1CN(C)CCCN1S(=O)(=O)c1ccc(N)c(F)c1. The summed E-state index contributed by atoms with van der Waals surface area (Å²) >= 11 is 0. The van der Waals surface area contributed by atoms with Crippen LogP contribution in [0.15, 0.2) is 23.1 Å². The topological polar surface area (TPSA) is 66.6 Å². The Labute approximate surface area is 125 Å². The highest BCUT2D eigenvalue weighted by Crippen LogP contribution is 2.24. The Bertz CT molecular complexity index is 606. The molecule has 5 nitrogen and oxygen atoms in total. The molecular weight excluding hydrogens is 293 g/mol. The Hall–Kier alpha value is -1.18. The van der Waals surface area contributed by atoms with Crippen molar-refractivity contribution in [1.82, 2.24) is 9.21 Å². The molecule has 1 atom stereocenters. The van der Waals surface area contributed by atoms with Crippen molar-refractivity contribution in [2.45, 2.75) is 30.7 Å². The highest BCUT2D eigenvalue weighted by molar-refractivity contribution is 7.89. The Kier molecular flexibility index (Phi) is 4.85. The number of rotatable bonds is 3. The van der Waals surface area contributed by atoms with Crippen molar-refractivity contribution in [3.05, 3.63) is 24.0 Å². The molecule has 1 saturated heterocycles. The van der Waals surface area contributed by atoms with Gasteiger partial charge in [-0.1, -0.05) is 6.92 Å². The Morgan fingerprint density at radius 1 is 1.38 bits per heavy atom. The number of nitrogen functional groups attached to an aromatic ring is 1. The highest BCUT2D eigenvalue weighted by Gasteiger charge is 2.33. The first kappa shape index (κ1) is 16.2. The lowest BCUT2D eigenvalue weighted by Gasteiger charge is -2.29. The largest absolute Gasteiger partial charge is 0.396 e. The summed E-state index contributed by atoms with van der Waals surface area (Å²) < 4.78 is 40.6. The van der Waals surface area contributed by atoms with Crippen LogP contribution in [0.2, 0.25) is 0 Å². The van der Waals surface area contributed by atoms with Crippen molar-refractivity contribution in [3.8, 4) is 0 Å². The minimum absolute atomic E-state index is 0.0304. The minimum atomic E-state index is -3.70. The maximum atomic E-state index is 13.6. The molecule has 1 aromatic carbocycles. The lowest BCUT2D eigenvalue weighted by atomic mass is 10.2. The van der Waals surface area contributed by atoms with Crippen LogP contribution in [0.3, 0.4) is 0 Å². The van der Waals surface area contributed by atoms with Gasteiger partial charge in [0.05, 0.1) is 10.6 Å². The van der Waals surface area contributed by atoms with Crippen LogP contribution in [0.1, 0.15) is 19.8 Å². The number of sulfonamides is 1. The molecule has 118 valence electrons. The monoisotopic (exact) mass is 315 g/mol. The van der Waals surface area contributed by atoms with Gasteiger partial charge in [-0.15, -0.1) is 0 Å². The van der Waals surface area contributed by atoms with Gasteiger partial charge in [0.1, 0.15) is 5.82 Å². The quantitative estimate of drug-likeness (QED) is 0.859. The first-order chi connectivity index (χ1) is 9.86. The highest BCUT2D eigenvalue weighted by atomic mass is 32.2. The maximum absolute atomic E-state index is 13.6. The summed E-state index contributed by atoms with van der Waals surface area (Å²) in [5.74, 6) is -0.698.